The quantitative estimate of drug-likeness (QED) is 0.198. The van der Waals surface area contributed by atoms with Crippen molar-refractivity contribution in [2.24, 2.45) is 11.8 Å². The molecule has 0 aromatic rings. The number of halogens is 17. The average Bonchev–Trinajstić information content (AvgIpc) is 3.17. The van der Waals surface area contributed by atoms with Crippen LogP contribution < -0.4 is 0 Å². The topological polar surface area (TPSA) is 44.8 Å². The van der Waals surface area contributed by atoms with Crippen LogP contribution in [-0.4, -0.2) is 79.2 Å². The Morgan fingerprint density at radius 1 is 0.700 bits per heavy atom. The van der Waals surface area contributed by atoms with Gasteiger partial charge in [0.2, 0.25) is 0 Å². The molecule has 0 amide bonds. The van der Waals surface area contributed by atoms with Crippen molar-refractivity contribution >= 4 is 5.97 Å². The van der Waals surface area contributed by atoms with E-state index in [-0.39, 0.29) is 19.4 Å². The van der Waals surface area contributed by atoms with Crippen molar-refractivity contribution in [3.63, 3.8) is 0 Å². The second-order valence-electron chi connectivity index (χ2n) is 9.12. The number of rotatable bonds is 10. The third kappa shape index (κ3) is 5.16. The van der Waals surface area contributed by atoms with E-state index >= 15 is 0 Å². The minimum atomic E-state index is -8.65. The summed E-state index contributed by atoms with van der Waals surface area (Å²) in [5.41, 5.74) is 0. The summed E-state index contributed by atoms with van der Waals surface area (Å²) in [6.07, 6.45) is -13.1. The molecule has 2 saturated heterocycles. The lowest BCUT2D eigenvalue weighted by molar-refractivity contribution is -0.462. The maximum atomic E-state index is 14.4. The van der Waals surface area contributed by atoms with Gasteiger partial charge in [0.1, 0.15) is 6.61 Å². The van der Waals surface area contributed by atoms with Crippen molar-refractivity contribution in [3.05, 3.63) is 0 Å². The molecule has 4 atom stereocenters. The largest absolute Gasteiger partial charge is 0.463 e. The van der Waals surface area contributed by atoms with Crippen LogP contribution in [0.4, 0.5) is 74.6 Å². The molecule has 40 heavy (non-hydrogen) atoms. The third-order valence-corrected chi connectivity index (χ3v) is 6.36. The number of ether oxygens (including phenoxy) is 3. The molecule has 0 unspecified atom stereocenters. The number of fused-ring (bicyclic) bond motifs is 1. The molecule has 236 valence electrons. The molecule has 0 aromatic heterocycles. The highest BCUT2D eigenvalue weighted by molar-refractivity contribution is 5.65. The summed E-state index contributed by atoms with van der Waals surface area (Å²) >= 11 is 0. The summed E-state index contributed by atoms with van der Waals surface area (Å²) in [5, 5.41) is 0. The van der Waals surface area contributed by atoms with E-state index in [0.29, 0.717) is 0 Å². The lowest BCUT2D eigenvalue weighted by Crippen LogP contribution is -2.74. The molecule has 0 N–H and O–H groups in total. The van der Waals surface area contributed by atoms with Crippen LogP contribution in [0.1, 0.15) is 26.2 Å². The van der Waals surface area contributed by atoms with Gasteiger partial charge in [-0.1, -0.05) is 0 Å². The second-order valence-corrected chi connectivity index (χ2v) is 9.12. The number of hydrogen-bond acceptors (Lipinski definition) is 4. The fourth-order valence-corrected chi connectivity index (χ4v) is 4.03. The SMILES string of the molecule is CC(=O)OC[C@@H]1CC[C@H]2[C@@H](CC(F)(F)C(F)(F)C(F)(F)C(F)(F)C(F)(F)C(F)(F)C(F)(F)C(F)(F)F)CO[C@H]2O1. The summed E-state index contributed by atoms with van der Waals surface area (Å²) in [4.78, 5) is 10.8. The molecule has 2 rings (SSSR count). The predicted molar refractivity (Wildman–Crippen MR) is 92.8 cm³/mol. The highest BCUT2D eigenvalue weighted by atomic mass is 19.4. The van der Waals surface area contributed by atoms with Crippen molar-refractivity contribution in [1.29, 1.82) is 0 Å². The van der Waals surface area contributed by atoms with Gasteiger partial charge in [-0.2, -0.15) is 74.6 Å². The second kappa shape index (κ2) is 10.2. The van der Waals surface area contributed by atoms with Gasteiger partial charge in [-0.3, -0.25) is 4.79 Å². The third-order valence-electron chi connectivity index (χ3n) is 6.36. The Labute approximate surface area is 212 Å². The maximum Gasteiger partial charge on any atom is 0.460 e. The minimum absolute atomic E-state index is 0.126. The van der Waals surface area contributed by atoms with Gasteiger partial charge in [-0.05, 0) is 18.8 Å². The van der Waals surface area contributed by atoms with E-state index < -0.39 is 90.9 Å². The zero-order valence-electron chi connectivity index (χ0n) is 19.4. The number of hydrogen-bond donors (Lipinski definition) is 0. The normalized spacial score (nSPS) is 26.1. The molecule has 0 bridgehead atoms. The zero-order valence-corrected chi connectivity index (χ0v) is 19.4. The zero-order chi connectivity index (χ0) is 31.5. The molecule has 2 aliphatic heterocycles. The van der Waals surface area contributed by atoms with Gasteiger partial charge in [0.25, 0.3) is 0 Å². The van der Waals surface area contributed by atoms with Gasteiger partial charge in [-0.25, -0.2) is 0 Å². The molecule has 0 saturated carbocycles. The standard InChI is InChI=1S/C19H17F17O4/c1-7(37)38-6-9-2-3-10-8(5-39-11(10)40-9)4-12(20,21)13(22,23)14(24,25)15(26,27)16(28,29)17(30,31)18(32,33)19(34,35)36/h8-11H,2-6H2,1H3/t8-,9-,10-,11-/m0/s1. The summed E-state index contributed by atoms with van der Waals surface area (Å²) in [7, 11) is 0. The molecular formula is C19H17F17O4. The first-order valence-corrected chi connectivity index (χ1v) is 10.7. The summed E-state index contributed by atoms with van der Waals surface area (Å²) in [5.74, 6) is -60.5. The van der Waals surface area contributed by atoms with Crippen molar-refractivity contribution < 1.29 is 93.6 Å². The lowest BCUT2D eigenvalue weighted by Gasteiger charge is -2.43. The van der Waals surface area contributed by atoms with Gasteiger partial charge < -0.3 is 14.2 Å². The highest BCUT2D eigenvalue weighted by Crippen LogP contribution is 2.64. The Bertz CT molecular complexity index is 932. The smallest absolute Gasteiger partial charge is 0.460 e. The molecule has 0 radical (unpaired) electrons. The molecule has 0 aromatic carbocycles. The molecule has 2 aliphatic rings. The van der Waals surface area contributed by atoms with Crippen molar-refractivity contribution in [3.8, 4) is 0 Å². The Hall–Kier alpha value is -1.80. The minimum Gasteiger partial charge on any atom is -0.463 e. The first-order chi connectivity index (χ1) is 17.6. The first-order valence-electron chi connectivity index (χ1n) is 10.7. The Kier molecular flexibility index (Phi) is 8.76. The summed E-state index contributed by atoms with van der Waals surface area (Å²) in [6, 6.07) is 0. The van der Waals surface area contributed by atoms with E-state index in [4.69, 9.17) is 9.47 Å². The van der Waals surface area contributed by atoms with Crippen molar-refractivity contribution in [2.75, 3.05) is 13.2 Å². The summed E-state index contributed by atoms with van der Waals surface area (Å²) in [6.45, 7) is -0.363. The van der Waals surface area contributed by atoms with Crippen LogP contribution in [0, 0.1) is 11.8 Å². The van der Waals surface area contributed by atoms with Crippen LogP contribution in [0.15, 0.2) is 0 Å². The van der Waals surface area contributed by atoms with E-state index in [1.807, 2.05) is 0 Å². The average molecular weight is 632 g/mol. The maximum absolute atomic E-state index is 14.4. The van der Waals surface area contributed by atoms with Crippen LogP contribution in [-0.2, 0) is 19.0 Å². The number of carbonyl (C=O) groups is 1. The number of esters is 1. The Morgan fingerprint density at radius 2 is 1.15 bits per heavy atom. The van der Waals surface area contributed by atoms with Gasteiger partial charge in [-0.15, -0.1) is 0 Å². The Balaban J connectivity index is 2.32. The predicted octanol–water partition coefficient (Wildman–Crippen LogP) is 6.72. The van der Waals surface area contributed by atoms with Gasteiger partial charge in [0.05, 0.1) is 12.7 Å². The fraction of sp³-hybridized carbons (Fsp3) is 0.947. The van der Waals surface area contributed by atoms with E-state index in [9.17, 15) is 79.4 Å². The molecule has 0 spiro atoms. The molecule has 21 heteroatoms. The summed E-state index contributed by atoms with van der Waals surface area (Å²) < 4.78 is 243. The molecule has 4 nitrogen and oxygen atoms in total. The molecule has 2 heterocycles. The van der Waals surface area contributed by atoms with E-state index in [1.165, 1.54) is 0 Å². The van der Waals surface area contributed by atoms with Crippen LogP contribution in [0.5, 0.6) is 0 Å². The first kappa shape index (κ1) is 34.4. The lowest BCUT2D eigenvalue weighted by atomic mass is 9.81. The molecule has 2 fully saturated rings. The highest BCUT2D eigenvalue weighted by Gasteiger charge is 2.95. The van der Waals surface area contributed by atoms with Crippen LogP contribution in [0.3, 0.4) is 0 Å². The molecule has 0 aliphatic carbocycles. The van der Waals surface area contributed by atoms with Gasteiger partial charge in [0.15, 0.2) is 6.29 Å². The van der Waals surface area contributed by atoms with E-state index in [1.54, 1.807) is 0 Å². The van der Waals surface area contributed by atoms with Gasteiger partial charge in [0, 0.05) is 19.3 Å². The van der Waals surface area contributed by atoms with Crippen molar-refractivity contribution in [1.82, 2.24) is 0 Å². The number of alkyl halides is 17. The fourth-order valence-electron chi connectivity index (χ4n) is 4.03. The van der Waals surface area contributed by atoms with Crippen molar-refractivity contribution in [2.45, 2.75) is 86.2 Å². The number of carbonyl (C=O) groups excluding carboxylic acids is 1. The van der Waals surface area contributed by atoms with Gasteiger partial charge >= 0.3 is 53.6 Å². The van der Waals surface area contributed by atoms with Crippen LogP contribution in [0.25, 0.3) is 0 Å². The van der Waals surface area contributed by atoms with E-state index in [0.717, 1.165) is 6.92 Å². The monoisotopic (exact) mass is 632 g/mol. The molecular weight excluding hydrogens is 615 g/mol. The van der Waals surface area contributed by atoms with E-state index in [2.05, 4.69) is 4.74 Å². The van der Waals surface area contributed by atoms with Crippen LogP contribution in [0.2, 0.25) is 0 Å². The Morgan fingerprint density at radius 3 is 1.60 bits per heavy atom. The van der Waals surface area contributed by atoms with Crippen LogP contribution >= 0.6 is 0 Å².